The van der Waals surface area contributed by atoms with Gasteiger partial charge in [-0.15, -0.1) is 27.8 Å². The molecule has 0 atom stereocenters. The van der Waals surface area contributed by atoms with E-state index in [2.05, 4.69) is 59.2 Å². The second-order valence-electron chi connectivity index (χ2n) is 9.51. The Morgan fingerprint density at radius 1 is 1.03 bits per heavy atom. The zero-order chi connectivity index (χ0) is 22.9. The van der Waals surface area contributed by atoms with Crippen LogP contribution in [0.5, 0.6) is 11.5 Å². The fourth-order valence-corrected chi connectivity index (χ4v) is 5.19. The fraction of sp³-hybridized carbons (Fsp3) is 0.296. The summed E-state index contributed by atoms with van der Waals surface area (Å²) in [4.78, 5) is 12.7. The van der Waals surface area contributed by atoms with Crippen LogP contribution in [0, 0.1) is 32.6 Å². The molecule has 0 fully saturated rings. The van der Waals surface area contributed by atoms with E-state index in [9.17, 15) is 0 Å². The molecular weight excluding hydrogens is 605 g/mol. The molecule has 4 heterocycles. The Morgan fingerprint density at radius 2 is 1.71 bits per heavy atom. The number of nitrogens with zero attached hydrogens (tertiary/aromatic N) is 5. The number of hydrogen-bond acceptors (Lipinski definition) is 3. The van der Waals surface area contributed by atoms with Crippen LogP contribution in [0.15, 0.2) is 30.7 Å². The second kappa shape index (κ2) is 7.96. The van der Waals surface area contributed by atoms with Crippen molar-refractivity contribution in [3.63, 3.8) is 0 Å². The first-order valence-corrected chi connectivity index (χ1v) is 11.1. The molecular formula is C27H23N5OPt. The molecule has 34 heavy (non-hydrogen) atoms. The molecule has 2 aromatic carbocycles. The fourth-order valence-electron chi connectivity index (χ4n) is 5.19. The summed E-state index contributed by atoms with van der Waals surface area (Å²) in [6.07, 6.45) is 7.30. The average Bonchev–Trinajstić information content (AvgIpc) is 3.43. The summed E-state index contributed by atoms with van der Waals surface area (Å²) in [7, 11) is 0. The summed E-state index contributed by atoms with van der Waals surface area (Å²) in [5.41, 5.74) is 6.68. The molecule has 2 aromatic heterocycles. The molecule has 0 bridgehead atoms. The van der Waals surface area contributed by atoms with Crippen LogP contribution >= 0.6 is 0 Å². The first-order valence-electron chi connectivity index (χ1n) is 11.1. The van der Waals surface area contributed by atoms with Crippen LogP contribution in [0.25, 0.3) is 27.6 Å². The molecule has 0 radical (unpaired) electrons. The molecule has 0 unspecified atom stereocenters. The molecule has 2 aliphatic heterocycles. The summed E-state index contributed by atoms with van der Waals surface area (Å²) in [6.45, 7) is 16.8. The molecule has 0 N–H and O–H groups in total. The molecule has 4 aromatic rings. The molecule has 172 valence electrons. The van der Waals surface area contributed by atoms with E-state index in [-0.39, 0.29) is 26.6 Å². The molecule has 7 heteroatoms. The first-order chi connectivity index (χ1) is 15.9. The van der Waals surface area contributed by atoms with Crippen molar-refractivity contribution in [3.8, 4) is 34.3 Å². The largest absolute Gasteiger partial charge is 2.00 e. The van der Waals surface area contributed by atoms with Crippen LogP contribution in [0.4, 0.5) is 5.82 Å². The van der Waals surface area contributed by atoms with Crippen molar-refractivity contribution in [2.45, 2.75) is 52.6 Å². The topological polar surface area (TPSA) is 49.2 Å². The van der Waals surface area contributed by atoms with Gasteiger partial charge < -0.3 is 18.7 Å². The van der Waals surface area contributed by atoms with Crippen LogP contribution in [-0.2, 0) is 46.0 Å². The second-order valence-corrected chi connectivity index (χ2v) is 9.51. The SMILES string of the molecule is [C-]#[N+]c1cnc2n1CCc1c-2[c-]c(Oc2[c-]c3c(c(C)c2)CC(C)(C)n2ccnc2-3)cc1C.[Pt+2]. The summed E-state index contributed by atoms with van der Waals surface area (Å²) in [5.74, 6) is 3.55. The third-order valence-electron chi connectivity index (χ3n) is 6.85. The van der Waals surface area contributed by atoms with Gasteiger partial charge in [0.2, 0.25) is 5.82 Å². The Kier molecular flexibility index (Phi) is 5.30. The van der Waals surface area contributed by atoms with E-state index in [1.165, 1.54) is 16.7 Å². The quantitative estimate of drug-likeness (QED) is 0.263. The third kappa shape index (κ3) is 3.34. The van der Waals surface area contributed by atoms with Gasteiger partial charge in [0.15, 0.2) is 0 Å². The van der Waals surface area contributed by atoms with Gasteiger partial charge in [-0.3, -0.25) is 9.97 Å². The van der Waals surface area contributed by atoms with Gasteiger partial charge in [-0.2, -0.15) is 0 Å². The Morgan fingerprint density at radius 3 is 2.41 bits per heavy atom. The Labute approximate surface area is 213 Å². The molecule has 0 spiro atoms. The first kappa shape index (κ1) is 22.6. The summed E-state index contributed by atoms with van der Waals surface area (Å²) in [5, 5.41) is 0. The number of rotatable bonds is 2. The van der Waals surface area contributed by atoms with E-state index < -0.39 is 0 Å². The number of fused-ring (bicyclic) bond motifs is 6. The van der Waals surface area contributed by atoms with Crippen molar-refractivity contribution >= 4 is 5.82 Å². The summed E-state index contributed by atoms with van der Waals surface area (Å²) >= 11 is 0. The maximum atomic E-state index is 7.40. The minimum absolute atomic E-state index is 0. The Hall–Kier alpha value is -3.16. The maximum absolute atomic E-state index is 7.40. The number of ether oxygens (including phenoxy) is 1. The van der Waals surface area contributed by atoms with Gasteiger partial charge >= 0.3 is 21.1 Å². The maximum Gasteiger partial charge on any atom is 2.00 e. The zero-order valence-corrected chi connectivity index (χ0v) is 21.7. The molecule has 6 nitrogen and oxygen atoms in total. The Balaban J connectivity index is 0.00000241. The van der Waals surface area contributed by atoms with E-state index in [1.54, 1.807) is 6.20 Å². The van der Waals surface area contributed by atoms with Crippen LogP contribution in [0.2, 0.25) is 0 Å². The molecule has 0 saturated heterocycles. The van der Waals surface area contributed by atoms with Crippen molar-refractivity contribution in [1.29, 1.82) is 0 Å². The minimum atomic E-state index is -0.0324. The predicted octanol–water partition coefficient (Wildman–Crippen LogP) is 5.82. The smallest absolute Gasteiger partial charge is 0.497 e. The molecule has 6 rings (SSSR count). The van der Waals surface area contributed by atoms with Gasteiger partial charge in [-0.1, -0.05) is 50.2 Å². The monoisotopic (exact) mass is 628 g/mol. The van der Waals surface area contributed by atoms with Gasteiger partial charge in [-0.25, -0.2) is 0 Å². The number of aryl methyl sites for hydroxylation is 2. The van der Waals surface area contributed by atoms with Gasteiger partial charge in [0, 0.05) is 35.6 Å². The van der Waals surface area contributed by atoms with E-state index in [0.29, 0.717) is 17.3 Å². The van der Waals surface area contributed by atoms with Gasteiger partial charge in [0.25, 0.3) is 0 Å². The molecule has 0 aliphatic carbocycles. The Bertz CT molecular complexity index is 1490. The van der Waals surface area contributed by atoms with Crippen molar-refractivity contribution in [1.82, 2.24) is 19.1 Å². The van der Waals surface area contributed by atoms with Crippen LogP contribution in [-0.4, -0.2) is 19.1 Å². The van der Waals surface area contributed by atoms with Gasteiger partial charge in [-0.05, 0) is 26.7 Å². The van der Waals surface area contributed by atoms with Crippen LogP contribution in [0.1, 0.15) is 36.1 Å². The molecule has 2 aliphatic rings. The number of hydrogen-bond donors (Lipinski definition) is 0. The van der Waals surface area contributed by atoms with Crippen molar-refractivity contribution < 1.29 is 25.8 Å². The third-order valence-corrected chi connectivity index (χ3v) is 6.85. The van der Waals surface area contributed by atoms with Crippen molar-refractivity contribution in [3.05, 3.63) is 76.5 Å². The van der Waals surface area contributed by atoms with Gasteiger partial charge in [0.1, 0.15) is 5.82 Å². The number of imidazole rings is 2. The van der Waals surface area contributed by atoms with Crippen LogP contribution in [0.3, 0.4) is 0 Å². The van der Waals surface area contributed by atoms with Gasteiger partial charge in [0.05, 0.1) is 12.4 Å². The molecule has 0 saturated carbocycles. The van der Waals surface area contributed by atoms with Crippen molar-refractivity contribution in [2.24, 2.45) is 0 Å². The van der Waals surface area contributed by atoms with E-state index in [0.717, 1.165) is 47.7 Å². The normalized spacial score (nSPS) is 14.7. The average molecular weight is 629 g/mol. The number of aromatic nitrogens is 4. The van der Waals surface area contributed by atoms with Crippen LogP contribution < -0.4 is 4.74 Å². The van der Waals surface area contributed by atoms with Crippen molar-refractivity contribution in [2.75, 3.05) is 0 Å². The minimum Gasteiger partial charge on any atom is -0.497 e. The van der Waals surface area contributed by atoms with E-state index >= 15 is 0 Å². The van der Waals surface area contributed by atoms with E-state index in [1.807, 2.05) is 29.1 Å². The standard InChI is InChI=1S/C27H23N5O.Pt/c1-16-10-18(12-21-20(16)6-8-31-24(28-5)15-30-25(21)31)33-19-11-17(2)23-14-27(3,4)32-9-7-29-26(32)22(23)13-19;/h7,9-11,15H,6,8,14H2,1-4H3;/q-2;+2. The summed E-state index contributed by atoms with van der Waals surface area (Å²) in [6, 6.07) is 11.0. The number of benzene rings is 2. The van der Waals surface area contributed by atoms with E-state index in [4.69, 9.17) is 11.3 Å². The molecule has 0 amide bonds. The summed E-state index contributed by atoms with van der Waals surface area (Å²) < 4.78 is 10.5. The zero-order valence-electron chi connectivity index (χ0n) is 19.5. The predicted molar refractivity (Wildman–Crippen MR) is 126 cm³/mol.